The maximum Gasteiger partial charge on any atom is 0.138 e. The number of rotatable bonds is 2. The van der Waals surface area contributed by atoms with Crippen molar-refractivity contribution in [1.82, 2.24) is 9.97 Å². The Labute approximate surface area is 127 Å². The minimum atomic E-state index is -0.318. The van der Waals surface area contributed by atoms with E-state index in [2.05, 4.69) is 36.1 Å². The standard InChI is InChI=1S/C16H28N4O/c1-10-13(17)19-15(16(2,3)4)20-14(10)18-11-8-6-5-7-9-12(11)21/h11-12,21H,5-9H2,1-4H3,(H3,17,18,19,20). The van der Waals surface area contributed by atoms with E-state index < -0.39 is 0 Å². The zero-order valence-electron chi connectivity index (χ0n) is 13.6. The fourth-order valence-corrected chi connectivity index (χ4v) is 2.64. The van der Waals surface area contributed by atoms with Crippen LogP contribution in [0.4, 0.5) is 11.6 Å². The van der Waals surface area contributed by atoms with Gasteiger partial charge in [0.25, 0.3) is 0 Å². The topological polar surface area (TPSA) is 84.1 Å². The lowest BCUT2D eigenvalue weighted by atomic mass is 9.95. The summed E-state index contributed by atoms with van der Waals surface area (Å²) in [5.74, 6) is 2.01. The predicted octanol–water partition coefficient (Wildman–Crippen LogP) is 2.77. The molecule has 5 heteroatoms. The van der Waals surface area contributed by atoms with E-state index in [-0.39, 0.29) is 17.6 Å². The van der Waals surface area contributed by atoms with Gasteiger partial charge in [0.15, 0.2) is 0 Å². The average Bonchev–Trinajstić information content (AvgIpc) is 2.59. The summed E-state index contributed by atoms with van der Waals surface area (Å²) in [6, 6.07) is 0.0494. The fraction of sp³-hybridized carbons (Fsp3) is 0.750. The Hall–Kier alpha value is -1.36. The maximum atomic E-state index is 10.3. The van der Waals surface area contributed by atoms with Gasteiger partial charge in [0.05, 0.1) is 12.1 Å². The van der Waals surface area contributed by atoms with Crippen molar-refractivity contribution in [2.24, 2.45) is 0 Å². The molecule has 5 nitrogen and oxygen atoms in total. The fourth-order valence-electron chi connectivity index (χ4n) is 2.64. The van der Waals surface area contributed by atoms with E-state index in [4.69, 9.17) is 5.73 Å². The SMILES string of the molecule is Cc1c(N)nc(C(C)(C)C)nc1NC1CCCCCC1O. The van der Waals surface area contributed by atoms with Crippen molar-refractivity contribution in [3.8, 4) is 0 Å². The van der Waals surface area contributed by atoms with Gasteiger partial charge in [-0.1, -0.05) is 40.0 Å². The van der Waals surface area contributed by atoms with Gasteiger partial charge in [-0.3, -0.25) is 0 Å². The van der Waals surface area contributed by atoms with Crippen molar-refractivity contribution in [1.29, 1.82) is 0 Å². The summed E-state index contributed by atoms with van der Waals surface area (Å²) in [6.45, 7) is 8.14. The van der Waals surface area contributed by atoms with E-state index in [9.17, 15) is 5.11 Å². The molecule has 2 unspecified atom stereocenters. The second-order valence-corrected chi connectivity index (χ2v) is 7.11. The van der Waals surface area contributed by atoms with Crippen LogP contribution in [-0.2, 0) is 5.41 Å². The number of anilines is 2. The lowest BCUT2D eigenvalue weighted by molar-refractivity contribution is 0.144. The molecule has 4 N–H and O–H groups in total. The normalized spacial score (nSPS) is 23.7. The molecule has 0 radical (unpaired) electrons. The van der Waals surface area contributed by atoms with Gasteiger partial charge in [0.2, 0.25) is 0 Å². The molecular formula is C16H28N4O. The van der Waals surface area contributed by atoms with E-state index in [1.165, 1.54) is 6.42 Å². The molecule has 1 saturated carbocycles. The number of nitrogens with zero attached hydrogens (tertiary/aromatic N) is 2. The van der Waals surface area contributed by atoms with Crippen LogP contribution in [0.15, 0.2) is 0 Å². The smallest absolute Gasteiger partial charge is 0.138 e. The van der Waals surface area contributed by atoms with Gasteiger partial charge < -0.3 is 16.2 Å². The number of hydrogen-bond donors (Lipinski definition) is 3. The van der Waals surface area contributed by atoms with Gasteiger partial charge >= 0.3 is 0 Å². The van der Waals surface area contributed by atoms with Crippen molar-refractivity contribution < 1.29 is 5.11 Å². The number of aliphatic hydroxyl groups is 1. The molecule has 1 aliphatic rings. The van der Waals surface area contributed by atoms with Gasteiger partial charge in [0.1, 0.15) is 17.5 Å². The third-order valence-corrected chi connectivity index (χ3v) is 4.16. The summed E-state index contributed by atoms with van der Waals surface area (Å²) >= 11 is 0. The highest BCUT2D eigenvalue weighted by Gasteiger charge is 2.25. The first-order valence-electron chi connectivity index (χ1n) is 7.88. The summed E-state index contributed by atoms with van der Waals surface area (Å²) in [5, 5.41) is 13.7. The Morgan fingerprint density at radius 3 is 2.48 bits per heavy atom. The molecule has 1 aromatic rings. The lowest BCUT2D eigenvalue weighted by Gasteiger charge is -2.25. The molecule has 1 heterocycles. The molecule has 2 rings (SSSR count). The maximum absolute atomic E-state index is 10.3. The van der Waals surface area contributed by atoms with Crippen LogP contribution >= 0.6 is 0 Å². The summed E-state index contributed by atoms with van der Waals surface area (Å²) in [7, 11) is 0. The molecule has 1 aliphatic carbocycles. The van der Waals surface area contributed by atoms with Gasteiger partial charge in [-0.05, 0) is 19.8 Å². The molecule has 21 heavy (non-hydrogen) atoms. The molecule has 118 valence electrons. The largest absolute Gasteiger partial charge is 0.391 e. The molecule has 1 aromatic heterocycles. The van der Waals surface area contributed by atoms with E-state index >= 15 is 0 Å². The van der Waals surface area contributed by atoms with E-state index in [0.29, 0.717) is 5.82 Å². The molecule has 0 amide bonds. The molecule has 1 fully saturated rings. The Balaban J connectivity index is 2.28. The number of nitrogen functional groups attached to an aromatic ring is 1. The zero-order valence-corrected chi connectivity index (χ0v) is 13.6. The van der Waals surface area contributed by atoms with Crippen molar-refractivity contribution >= 4 is 11.6 Å². The van der Waals surface area contributed by atoms with Gasteiger partial charge in [-0.25, -0.2) is 9.97 Å². The number of aromatic nitrogens is 2. The lowest BCUT2D eigenvalue weighted by Crippen LogP contribution is -2.33. The van der Waals surface area contributed by atoms with Crippen molar-refractivity contribution in [3.05, 3.63) is 11.4 Å². The molecular weight excluding hydrogens is 264 g/mol. The van der Waals surface area contributed by atoms with Crippen LogP contribution in [0.2, 0.25) is 0 Å². The van der Waals surface area contributed by atoms with Gasteiger partial charge in [-0.2, -0.15) is 0 Å². The summed E-state index contributed by atoms with van der Waals surface area (Å²) in [6.07, 6.45) is 4.92. The monoisotopic (exact) mass is 292 g/mol. The van der Waals surface area contributed by atoms with Gasteiger partial charge in [0, 0.05) is 11.0 Å². The van der Waals surface area contributed by atoms with Crippen LogP contribution in [0.3, 0.4) is 0 Å². The van der Waals surface area contributed by atoms with Crippen LogP contribution in [0.5, 0.6) is 0 Å². The van der Waals surface area contributed by atoms with E-state index in [0.717, 1.165) is 42.9 Å². The molecule has 0 bridgehead atoms. The quantitative estimate of drug-likeness (QED) is 0.730. The Bertz CT molecular complexity index is 496. The van der Waals surface area contributed by atoms with Crippen LogP contribution < -0.4 is 11.1 Å². The zero-order chi connectivity index (χ0) is 15.6. The average molecular weight is 292 g/mol. The van der Waals surface area contributed by atoms with Crippen LogP contribution in [-0.4, -0.2) is 27.2 Å². The summed E-state index contributed by atoms with van der Waals surface area (Å²) < 4.78 is 0. The highest BCUT2D eigenvalue weighted by molar-refractivity contribution is 5.55. The summed E-state index contributed by atoms with van der Waals surface area (Å²) in [5.41, 5.74) is 6.74. The van der Waals surface area contributed by atoms with Gasteiger partial charge in [-0.15, -0.1) is 0 Å². The molecule has 0 aromatic carbocycles. The molecule has 0 saturated heterocycles. The second-order valence-electron chi connectivity index (χ2n) is 7.11. The Morgan fingerprint density at radius 1 is 1.14 bits per heavy atom. The van der Waals surface area contributed by atoms with Crippen molar-refractivity contribution in [2.75, 3.05) is 11.1 Å². The predicted molar refractivity (Wildman–Crippen MR) is 86.4 cm³/mol. The Morgan fingerprint density at radius 2 is 1.81 bits per heavy atom. The first-order valence-corrected chi connectivity index (χ1v) is 7.88. The van der Waals surface area contributed by atoms with Crippen LogP contribution in [0.25, 0.3) is 0 Å². The minimum absolute atomic E-state index is 0.0494. The number of nitrogens with one attached hydrogen (secondary N) is 1. The summed E-state index contributed by atoms with van der Waals surface area (Å²) in [4.78, 5) is 9.05. The highest BCUT2D eigenvalue weighted by atomic mass is 16.3. The Kier molecular flexibility index (Phi) is 4.71. The molecule has 0 aliphatic heterocycles. The minimum Gasteiger partial charge on any atom is -0.391 e. The first kappa shape index (κ1) is 16.0. The molecule has 2 atom stereocenters. The van der Waals surface area contributed by atoms with Crippen LogP contribution in [0, 0.1) is 6.92 Å². The van der Waals surface area contributed by atoms with Crippen LogP contribution in [0.1, 0.15) is 64.3 Å². The number of nitrogens with two attached hydrogens (primary N) is 1. The third-order valence-electron chi connectivity index (χ3n) is 4.16. The second kappa shape index (κ2) is 6.18. The number of aliphatic hydroxyl groups excluding tert-OH is 1. The number of hydrogen-bond acceptors (Lipinski definition) is 5. The van der Waals surface area contributed by atoms with E-state index in [1.54, 1.807) is 0 Å². The first-order chi connectivity index (χ1) is 9.79. The van der Waals surface area contributed by atoms with E-state index in [1.807, 2.05) is 6.92 Å². The van der Waals surface area contributed by atoms with Crippen molar-refractivity contribution in [2.45, 2.75) is 77.4 Å². The third kappa shape index (κ3) is 3.84. The highest BCUT2D eigenvalue weighted by Crippen LogP contribution is 2.27. The van der Waals surface area contributed by atoms with Crippen molar-refractivity contribution in [3.63, 3.8) is 0 Å². The molecule has 0 spiro atoms.